The highest BCUT2D eigenvalue weighted by molar-refractivity contribution is 7.13. The molecule has 0 bridgehead atoms. The van der Waals surface area contributed by atoms with Crippen LogP contribution in [0.2, 0.25) is 0 Å². The number of rotatable bonds is 2. The molecule has 1 unspecified atom stereocenters. The first-order valence-electron chi connectivity index (χ1n) is 4.74. The van der Waals surface area contributed by atoms with Gasteiger partial charge in [0.25, 0.3) is 0 Å². The molecule has 0 amide bonds. The van der Waals surface area contributed by atoms with E-state index < -0.39 is 11.6 Å². The zero-order chi connectivity index (χ0) is 11.7. The molecule has 2 rings (SSSR count). The highest BCUT2D eigenvalue weighted by Crippen LogP contribution is 2.26. The highest BCUT2D eigenvalue weighted by Gasteiger charge is 2.09. The van der Waals surface area contributed by atoms with E-state index in [0.29, 0.717) is 10.6 Å². The van der Waals surface area contributed by atoms with Gasteiger partial charge < -0.3 is 5.73 Å². The molecule has 1 aromatic carbocycles. The first-order chi connectivity index (χ1) is 7.56. The molecule has 0 aliphatic carbocycles. The second kappa shape index (κ2) is 4.27. The lowest BCUT2D eigenvalue weighted by atomic mass is 10.2. The van der Waals surface area contributed by atoms with E-state index in [1.165, 1.54) is 23.5 Å². The van der Waals surface area contributed by atoms with Gasteiger partial charge in [0.05, 0.1) is 5.69 Å². The maximum atomic E-state index is 13.0. The number of hydrogen-bond acceptors (Lipinski definition) is 3. The standard InChI is InChI=1S/C11H10F2N2S/c1-6(14)10-5-16-11(15-10)7-2-8(12)4-9(13)3-7/h2-6H,14H2,1H3. The summed E-state index contributed by atoms with van der Waals surface area (Å²) in [5.41, 5.74) is 6.83. The lowest BCUT2D eigenvalue weighted by Gasteiger charge is -1.99. The molecule has 0 fully saturated rings. The van der Waals surface area contributed by atoms with Crippen molar-refractivity contribution in [2.24, 2.45) is 5.73 Å². The van der Waals surface area contributed by atoms with Crippen LogP contribution < -0.4 is 5.73 Å². The Labute approximate surface area is 95.7 Å². The van der Waals surface area contributed by atoms with Crippen molar-refractivity contribution in [3.05, 3.63) is 40.9 Å². The smallest absolute Gasteiger partial charge is 0.126 e. The van der Waals surface area contributed by atoms with Gasteiger partial charge in [-0.3, -0.25) is 0 Å². The SMILES string of the molecule is CC(N)c1csc(-c2cc(F)cc(F)c2)n1. The molecule has 5 heteroatoms. The van der Waals surface area contributed by atoms with Gasteiger partial charge >= 0.3 is 0 Å². The van der Waals surface area contributed by atoms with Gasteiger partial charge in [-0.05, 0) is 19.1 Å². The Kier molecular flexibility index (Phi) is 2.98. The molecule has 1 aromatic heterocycles. The normalized spacial score (nSPS) is 12.8. The van der Waals surface area contributed by atoms with Gasteiger partial charge in [-0.25, -0.2) is 13.8 Å². The summed E-state index contributed by atoms with van der Waals surface area (Å²) >= 11 is 1.32. The van der Waals surface area contributed by atoms with Crippen LogP contribution in [-0.2, 0) is 0 Å². The fraction of sp³-hybridized carbons (Fsp3) is 0.182. The van der Waals surface area contributed by atoms with E-state index in [-0.39, 0.29) is 6.04 Å². The van der Waals surface area contributed by atoms with Crippen LogP contribution in [0.5, 0.6) is 0 Å². The van der Waals surface area contributed by atoms with Crippen molar-refractivity contribution >= 4 is 11.3 Å². The minimum Gasteiger partial charge on any atom is -0.323 e. The van der Waals surface area contributed by atoms with E-state index in [2.05, 4.69) is 4.98 Å². The zero-order valence-corrected chi connectivity index (χ0v) is 9.39. The number of thiazole rings is 1. The monoisotopic (exact) mass is 240 g/mol. The molecule has 0 saturated heterocycles. The number of hydrogen-bond donors (Lipinski definition) is 1. The van der Waals surface area contributed by atoms with Gasteiger partial charge in [-0.15, -0.1) is 11.3 Å². The van der Waals surface area contributed by atoms with E-state index in [4.69, 9.17) is 5.73 Å². The third kappa shape index (κ3) is 2.25. The van der Waals surface area contributed by atoms with E-state index in [1.54, 1.807) is 5.38 Å². The summed E-state index contributed by atoms with van der Waals surface area (Å²) in [4.78, 5) is 4.22. The summed E-state index contributed by atoms with van der Waals surface area (Å²) in [6.07, 6.45) is 0. The van der Waals surface area contributed by atoms with Gasteiger partial charge in [0.2, 0.25) is 0 Å². The summed E-state index contributed by atoms with van der Waals surface area (Å²) in [7, 11) is 0. The fourth-order valence-electron chi connectivity index (χ4n) is 1.31. The van der Waals surface area contributed by atoms with Crippen LogP contribution >= 0.6 is 11.3 Å². The van der Waals surface area contributed by atoms with Crippen LogP contribution in [0.3, 0.4) is 0 Å². The molecule has 1 atom stereocenters. The molecule has 0 saturated carbocycles. The Morgan fingerprint density at radius 1 is 1.25 bits per heavy atom. The largest absolute Gasteiger partial charge is 0.323 e. The molecule has 1 heterocycles. The third-order valence-corrected chi connectivity index (χ3v) is 3.01. The van der Waals surface area contributed by atoms with Crippen LogP contribution in [0.25, 0.3) is 10.6 Å². The number of aromatic nitrogens is 1. The molecule has 84 valence electrons. The zero-order valence-electron chi connectivity index (χ0n) is 8.58. The maximum Gasteiger partial charge on any atom is 0.126 e. The third-order valence-electron chi connectivity index (χ3n) is 2.10. The molecule has 2 N–H and O–H groups in total. The molecule has 0 aliphatic heterocycles. The van der Waals surface area contributed by atoms with Gasteiger partial charge in [-0.1, -0.05) is 0 Å². The van der Waals surface area contributed by atoms with E-state index in [0.717, 1.165) is 11.8 Å². The van der Waals surface area contributed by atoms with Gasteiger partial charge in [-0.2, -0.15) is 0 Å². The van der Waals surface area contributed by atoms with Crippen LogP contribution in [0.4, 0.5) is 8.78 Å². The summed E-state index contributed by atoms with van der Waals surface area (Å²) in [5, 5.41) is 2.37. The molecular formula is C11H10F2N2S. The second-order valence-electron chi connectivity index (χ2n) is 3.52. The molecule has 0 spiro atoms. The minimum absolute atomic E-state index is 0.177. The topological polar surface area (TPSA) is 38.9 Å². The van der Waals surface area contributed by atoms with Crippen LogP contribution in [0.1, 0.15) is 18.7 Å². The van der Waals surface area contributed by atoms with Crippen molar-refractivity contribution < 1.29 is 8.78 Å². The Bertz CT molecular complexity index is 488. The van der Waals surface area contributed by atoms with E-state index in [9.17, 15) is 8.78 Å². The quantitative estimate of drug-likeness (QED) is 0.876. The lowest BCUT2D eigenvalue weighted by Crippen LogP contribution is -2.04. The highest BCUT2D eigenvalue weighted by atomic mass is 32.1. The number of halogens is 2. The first-order valence-corrected chi connectivity index (χ1v) is 5.61. The summed E-state index contributed by atoms with van der Waals surface area (Å²) in [5.74, 6) is -1.21. The van der Waals surface area contributed by atoms with Gasteiger partial charge in [0, 0.05) is 23.1 Å². The Morgan fingerprint density at radius 3 is 2.38 bits per heavy atom. The van der Waals surface area contributed by atoms with Crippen LogP contribution in [0.15, 0.2) is 23.6 Å². The summed E-state index contributed by atoms with van der Waals surface area (Å²) in [6, 6.07) is 3.17. The van der Waals surface area contributed by atoms with Crippen molar-refractivity contribution in [2.75, 3.05) is 0 Å². The van der Waals surface area contributed by atoms with E-state index >= 15 is 0 Å². The van der Waals surface area contributed by atoms with Crippen LogP contribution in [-0.4, -0.2) is 4.98 Å². The molecular weight excluding hydrogens is 230 g/mol. The summed E-state index contributed by atoms with van der Waals surface area (Å²) < 4.78 is 26.0. The average molecular weight is 240 g/mol. The number of nitrogens with two attached hydrogens (primary N) is 1. The van der Waals surface area contributed by atoms with Crippen LogP contribution in [0, 0.1) is 11.6 Å². The predicted molar refractivity (Wildman–Crippen MR) is 60.1 cm³/mol. The van der Waals surface area contributed by atoms with Crippen molar-refractivity contribution in [1.82, 2.24) is 4.98 Å². The minimum atomic E-state index is -0.604. The van der Waals surface area contributed by atoms with Gasteiger partial charge in [0.1, 0.15) is 16.6 Å². The molecule has 2 aromatic rings. The van der Waals surface area contributed by atoms with E-state index in [1.807, 2.05) is 6.92 Å². The molecule has 2 nitrogen and oxygen atoms in total. The lowest BCUT2D eigenvalue weighted by molar-refractivity contribution is 0.584. The average Bonchev–Trinajstić information content (AvgIpc) is 2.64. The van der Waals surface area contributed by atoms with Crippen molar-refractivity contribution in [3.63, 3.8) is 0 Å². The first kappa shape index (κ1) is 11.2. The van der Waals surface area contributed by atoms with Crippen molar-refractivity contribution in [2.45, 2.75) is 13.0 Å². The number of nitrogens with zero attached hydrogens (tertiary/aromatic N) is 1. The Morgan fingerprint density at radius 2 is 1.88 bits per heavy atom. The fourth-order valence-corrected chi connectivity index (χ4v) is 2.22. The molecule has 16 heavy (non-hydrogen) atoms. The number of benzene rings is 1. The van der Waals surface area contributed by atoms with Crippen molar-refractivity contribution in [1.29, 1.82) is 0 Å². The summed E-state index contributed by atoms with van der Waals surface area (Å²) in [6.45, 7) is 1.81. The second-order valence-corrected chi connectivity index (χ2v) is 4.38. The molecule has 0 aliphatic rings. The van der Waals surface area contributed by atoms with Crippen molar-refractivity contribution in [3.8, 4) is 10.6 Å². The maximum absolute atomic E-state index is 13.0. The Balaban J connectivity index is 2.42. The predicted octanol–water partition coefficient (Wildman–Crippen LogP) is 3.11. The Hall–Kier alpha value is -1.33. The molecule has 0 radical (unpaired) electrons. The van der Waals surface area contributed by atoms with Gasteiger partial charge in [0.15, 0.2) is 0 Å².